The number of rotatable bonds is 7. The molecule has 9 heteroatoms. The summed E-state index contributed by atoms with van der Waals surface area (Å²) in [4.78, 5) is 7.87. The smallest absolute Gasteiger partial charge is 0.258 e. The molecule has 0 saturated carbocycles. The molecule has 0 aliphatic rings. The fourth-order valence-electron chi connectivity index (χ4n) is 1.61. The summed E-state index contributed by atoms with van der Waals surface area (Å²) in [6.45, 7) is 0.879. The summed E-state index contributed by atoms with van der Waals surface area (Å²) in [7, 11) is -1.77. The highest BCUT2D eigenvalue weighted by atomic mass is 32.2. The summed E-state index contributed by atoms with van der Waals surface area (Å²) >= 11 is 0. The molecule has 108 valence electrons. The van der Waals surface area contributed by atoms with Crippen molar-refractivity contribution >= 4 is 10.0 Å². The molecule has 8 nitrogen and oxygen atoms in total. The number of sulfonamides is 1. The molecule has 0 fully saturated rings. The number of nitrogens with zero attached hydrogens (tertiary/aromatic N) is 3. The molecular formula is C11H16N6O2S. The Bertz CT molecular complexity index is 623. The minimum Gasteiger partial charge on any atom is -0.316 e. The van der Waals surface area contributed by atoms with Crippen LogP contribution in [0.4, 0.5) is 0 Å². The first-order valence-electron chi connectivity index (χ1n) is 6.05. The number of H-pyrrole nitrogens is 1. The molecule has 0 aliphatic carbocycles. The molecule has 0 atom stereocenters. The predicted octanol–water partition coefficient (Wildman–Crippen LogP) is -0.560. The van der Waals surface area contributed by atoms with Gasteiger partial charge in [0.15, 0.2) is 5.03 Å². The van der Waals surface area contributed by atoms with Crippen LogP contribution < -0.4 is 10.0 Å². The van der Waals surface area contributed by atoms with Crippen LogP contribution in [0.25, 0.3) is 0 Å². The molecule has 0 radical (unpaired) electrons. The second kappa shape index (κ2) is 6.55. The van der Waals surface area contributed by atoms with Crippen LogP contribution in [-0.2, 0) is 23.0 Å². The van der Waals surface area contributed by atoms with E-state index in [4.69, 9.17) is 0 Å². The van der Waals surface area contributed by atoms with Gasteiger partial charge in [0, 0.05) is 25.7 Å². The Hall–Kier alpha value is -1.84. The zero-order valence-corrected chi connectivity index (χ0v) is 11.8. The molecule has 3 N–H and O–H groups in total. The Morgan fingerprint density at radius 2 is 2.15 bits per heavy atom. The van der Waals surface area contributed by atoms with Crippen molar-refractivity contribution in [3.8, 4) is 0 Å². The summed E-state index contributed by atoms with van der Waals surface area (Å²) < 4.78 is 26.5. The van der Waals surface area contributed by atoms with Gasteiger partial charge in [-0.2, -0.15) is 5.10 Å². The van der Waals surface area contributed by atoms with Gasteiger partial charge in [0.2, 0.25) is 0 Å². The molecule has 0 unspecified atom stereocenters. The summed E-state index contributed by atoms with van der Waals surface area (Å²) in [5.41, 5.74) is 0.924. The van der Waals surface area contributed by atoms with Crippen LogP contribution in [0.3, 0.4) is 0 Å². The second-order valence-electron chi connectivity index (χ2n) is 4.11. The number of hydrogen-bond donors (Lipinski definition) is 3. The fraction of sp³-hybridized carbons (Fsp3) is 0.364. The third-order valence-electron chi connectivity index (χ3n) is 2.57. The molecule has 0 saturated heterocycles. The first-order chi connectivity index (χ1) is 9.62. The van der Waals surface area contributed by atoms with E-state index in [9.17, 15) is 8.42 Å². The largest absolute Gasteiger partial charge is 0.316 e. The number of hydrogen-bond acceptors (Lipinski definition) is 6. The van der Waals surface area contributed by atoms with Crippen LogP contribution in [0.2, 0.25) is 0 Å². The van der Waals surface area contributed by atoms with Gasteiger partial charge < -0.3 is 5.32 Å². The monoisotopic (exact) mass is 296 g/mol. The van der Waals surface area contributed by atoms with E-state index in [1.807, 2.05) is 7.05 Å². The van der Waals surface area contributed by atoms with Crippen LogP contribution in [0.1, 0.15) is 11.4 Å². The lowest BCUT2D eigenvalue weighted by Crippen LogP contribution is -2.27. The zero-order valence-electron chi connectivity index (χ0n) is 11.0. The molecule has 0 aliphatic heterocycles. The van der Waals surface area contributed by atoms with E-state index in [1.54, 1.807) is 12.3 Å². The van der Waals surface area contributed by atoms with Crippen molar-refractivity contribution < 1.29 is 8.42 Å². The lowest BCUT2D eigenvalue weighted by molar-refractivity contribution is 0.577. The minimum absolute atomic E-state index is 0.00919. The Balaban J connectivity index is 1.95. The SMILES string of the molecule is CNCc1ccc(S(=O)(=O)NCCc2ncn[nH]2)nc1. The Morgan fingerprint density at radius 1 is 1.30 bits per heavy atom. The number of nitrogens with one attached hydrogen (secondary N) is 3. The van der Waals surface area contributed by atoms with Gasteiger partial charge in [-0.1, -0.05) is 6.07 Å². The molecule has 2 aromatic rings. The number of pyridine rings is 1. The normalized spacial score (nSPS) is 11.7. The van der Waals surface area contributed by atoms with Gasteiger partial charge in [-0.05, 0) is 18.7 Å². The molecule has 2 heterocycles. The summed E-state index contributed by atoms with van der Waals surface area (Å²) in [5, 5.41) is 9.34. The number of aromatic amines is 1. The first-order valence-corrected chi connectivity index (χ1v) is 7.53. The van der Waals surface area contributed by atoms with E-state index in [2.05, 4.69) is 30.2 Å². The molecule has 0 bridgehead atoms. The summed E-state index contributed by atoms with van der Waals surface area (Å²) in [6, 6.07) is 3.22. The van der Waals surface area contributed by atoms with E-state index >= 15 is 0 Å². The standard InChI is InChI=1S/C11H16N6O2S/c1-12-6-9-2-3-11(13-7-9)20(18,19)16-5-4-10-14-8-15-17-10/h2-3,7-8,12,16H,4-6H2,1H3,(H,14,15,17). The van der Waals surface area contributed by atoms with Crippen molar-refractivity contribution in [2.45, 2.75) is 18.0 Å². The summed E-state index contributed by atoms with van der Waals surface area (Å²) in [5.74, 6) is 0.630. The third kappa shape index (κ3) is 3.83. The molecule has 0 aromatic carbocycles. The van der Waals surface area contributed by atoms with Gasteiger partial charge in [-0.3, -0.25) is 5.10 Å². The third-order valence-corrected chi connectivity index (χ3v) is 3.95. The Morgan fingerprint density at radius 3 is 2.75 bits per heavy atom. The average molecular weight is 296 g/mol. The van der Waals surface area contributed by atoms with Gasteiger partial charge >= 0.3 is 0 Å². The maximum Gasteiger partial charge on any atom is 0.258 e. The average Bonchev–Trinajstić information content (AvgIpc) is 2.93. The molecule has 0 spiro atoms. The van der Waals surface area contributed by atoms with Crippen LogP contribution in [0, 0.1) is 0 Å². The highest BCUT2D eigenvalue weighted by molar-refractivity contribution is 7.89. The highest BCUT2D eigenvalue weighted by Crippen LogP contribution is 2.06. The maximum absolute atomic E-state index is 12.0. The van der Waals surface area contributed by atoms with Crippen LogP contribution in [0.5, 0.6) is 0 Å². The van der Waals surface area contributed by atoms with Crippen molar-refractivity contribution in [3.63, 3.8) is 0 Å². The van der Waals surface area contributed by atoms with E-state index in [1.165, 1.54) is 12.4 Å². The quantitative estimate of drug-likeness (QED) is 0.631. The van der Waals surface area contributed by atoms with Crippen molar-refractivity contribution in [2.24, 2.45) is 0 Å². The Labute approximate surface area is 117 Å². The van der Waals surface area contributed by atoms with E-state index in [-0.39, 0.29) is 11.6 Å². The van der Waals surface area contributed by atoms with Gasteiger partial charge in [0.25, 0.3) is 10.0 Å². The molecule has 20 heavy (non-hydrogen) atoms. The summed E-state index contributed by atoms with van der Waals surface area (Å²) in [6.07, 6.45) is 3.37. The van der Waals surface area contributed by atoms with Crippen molar-refractivity contribution in [2.75, 3.05) is 13.6 Å². The van der Waals surface area contributed by atoms with Gasteiger partial charge in [0.1, 0.15) is 12.2 Å². The fourth-order valence-corrected chi connectivity index (χ4v) is 2.56. The van der Waals surface area contributed by atoms with E-state index < -0.39 is 10.0 Å². The van der Waals surface area contributed by atoms with Crippen molar-refractivity contribution in [1.29, 1.82) is 0 Å². The second-order valence-corrected chi connectivity index (χ2v) is 5.83. The van der Waals surface area contributed by atoms with Crippen LogP contribution in [0.15, 0.2) is 29.7 Å². The maximum atomic E-state index is 12.0. The van der Waals surface area contributed by atoms with E-state index in [0.29, 0.717) is 18.8 Å². The molecule has 0 amide bonds. The molecule has 2 rings (SSSR count). The zero-order chi connectivity index (χ0) is 14.4. The van der Waals surface area contributed by atoms with Gasteiger partial charge in [0.05, 0.1) is 0 Å². The topological polar surface area (TPSA) is 113 Å². The highest BCUT2D eigenvalue weighted by Gasteiger charge is 2.15. The first kappa shape index (κ1) is 14.6. The molecule has 2 aromatic heterocycles. The lowest BCUT2D eigenvalue weighted by Gasteiger charge is -2.06. The van der Waals surface area contributed by atoms with Gasteiger partial charge in [-0.15, -0.1) is 0 Å². The van der Waals surface area contributed by atoms with E-state index in [0.717, 1.165) is 5.56 Å². The van der Waals surface area contributed by atoms with Crippen LogP contribution in [-0.4, -0.2) is 42.2 Å². The minimum atomic E-state index is -3.59. The van der Waals surface area contributed by atoms with Crippen molar-refractivity contribution in [1.82, 2.24) is 30.2 Å². The lowest BCUT2D eigenvalue weighted by atomic mass is 10.3. The van der Waals surface area contributed by atoms with Crippen LogP contribution >= 0.6 is 0 Å². The number of aromatic nitrogens is 4. The van der Waals surface area contributed by atoms with Gasteiger partial charge in [-0.25, -0.2) is 23.1 Å². The Kier molecular flexibility index (Phi) is 4.77. The van der Waals surface area contributed by atoms with Crippen molar-refractivity contribution in [3.05, 3.63) is 36.0 Å². The molecular weight excluding hydrogens is 280 g/mol. The predicted molar refractivity (Wildman–Crippen MR) is 72.3 cm³/mol.